The molecule has 0 aromatic heterocycles. The maximum absolute atomic E-state index is 12.3. The second-order valence-corrected chi connectivity index (χ2v) is 6.01. The number of likely N-dealkylation sites (tertiary alicyclic amines) is 1. The average molecular weight is 310 g/mol. The number of hydrogen-bond acceptors (Lipinski definition) is 2. The third kappa shape index (κ3) is 4.92. The van der Waals surface area contributed by atoms with E-state index in [2.05, 4.69) is 0 Å². The fraction of sp³-hybridized carbons (Fsp3) is 0.588. The van der Waals surface area contributed by atoms with Gasteiger partial charge >= 0.3 is 0 Å². The number of aryl methyl sites for hydroxylation is 1. The standard InChI is InChI=1S/C17H24ClNO2/c1-14-5-2-8-16(13-14)21-12-9-17(20)19-11-4-7-15(19)6-3-10-18/h2,5,8,13,15H,3-4,6-7,9-12H2,1H3. The summed E-state index contributed by atoms with van der Waals surface area (Å²) < 4.78 is 5.66. The first-order valence-electron chi connectivity index (χ1n) is 7.75. The highest BCUT2D eigenvalue weighted by molar-refractivity contribution is 6.17. The Morgan fingerprint density at radius 3 is 3.10 bits per heavy atom. The van der Waals surface area contributed by atoms with Crippen LogP contribution in [0.15, 0.2) is 24.3 Å². The molecular formula is C17H24ClNO2. The summed E-state index contributed by atoms with van der Waals surface area (Å²) in [5, 5.41) is 0. The highest BCUT2D eigenvalue weighted by Gasteiger charge is 2.27. The smallest absolute Gasteiger partial charge is 0.226 e. The number of hydrogen-bond donors (Lipinski definition) is 0. The molecule has 1 aromatic rings. The maximum atomic E-state index is 12.3. The molecule has 0 aliphatic carbocycles. The first kappa shape index (κ1) is 16.2. The summed E-state index contributed by atoms with van der Waals surface area (Å²) in [5.74, 6) is 1.72. The number of benzene rings is 1. The predicted molar refractivity (Wildman–Crippen MR) is 86.0 cm³/mol. The molecule has 4 heteroatoms. The number of nitrogens with zero attached hydrogens (tertiary/aromatic N) is 1. The summed E-state index contributed by atoms with van der Waals surface area (Å²) >= 11 is 5.75. The van der Waals surface area contributed by atoms with Gasteiger partial charge in [0, 0.05) is 18.5 Å². The molecule has 1 aromatic carbocycles. The highest BCUT2D eigenvalue weighted by atomic mass is 35.5. The fourth-order valence-corrected chi connectivity index (χ4v) is 3.04. The van der Waals surface area contributed by atoms with E-state index in [1.54, 1.807) is 0 Å². The van der Waals surface area contributed by atoms with Gasteiger partial charge in [-0.05, 0) is 50.3 Å². The second kappa shape index (κ2) is 8.28. The Kier molecular flexibility index (Phi) is 6.37. The Morgan fingerprint density at radius 2 is 2.33 bits per heavy atom. The van der Waals surface area contributed by atoms with E-state index in [-0.39, 0.29) is 5.91 Å². The lowest BCUT2D eigenvalue weighted by Gasteiger charge is -2.24. The lowest BCUT2D eigenvalue weighted by atomic mass is 10.1. The van der Waals surface area contributed by atoms with Gasteiger partial charge in [-0.3, -0.25) is 4.79 Å². The van der Waals surface area contributed by atoms with E-state index in [1.807, 2.05) is 36.1 Å². The number of halogens is 1. The first-order valence-corrected chi connectivity index (χ1v) is 8.29. The van der Waals surface area contributed by atoms with Crippen LogP contribution in [0.1, 0.15) is 37.7 Å². The third-order valence-corrected chi connectivity index (χ3v) is 4.21. The molecule has 0 N–H and O–H groups in total. The number of ether oxygens (including phenoxy) is 1. The molecule has 21 heavy (non-hydrogen) atoms. The van der Waals surface area contributed by atoms with Crippen LogP contribution in [-0.2, 0) is 4.79 Å². The topological polar surface area (TPSA) is 29.5 Å². The quantitative estimate of drug-likeness (QED) is 0.717. The normalized spacial score (nSPS) is 18.0. The molecule has 1 aliphatic heterocycles. The Morgan fingerprint density at radius 1 is 1.48 bits per heavy atom. The molecule has 0 saturated carbocycles. The van der Waals surface area contributed by atoms with Crippen LogP contribution in [0.3, 0.4) is 0 Å². The molecule has 3 nitrogen and oxygen atoms in total. The van der Waals surface area contributed by atoms with Gasteiger partial charge in [0.15, 0.2) is 0 Å². The molecule has 1 unspecified atom stereocenters. The summed E-state index contributed by atoms with van der Waals surface area (Å²) in [6.45, 7) is 3.36. The molecule has 1 aliphatic rings. The maximum Gasteiger partial charge on any atom is 0.226 e. The monoisotopic (exact) mass is 309 g/mol. The van der Waals surface area contributed by atoms with Crippen molar-refractivity contribution >= 4 is 17.5 Å². The summed E-state index contributed by atoms with van der Waals surface area (Å²) in [6, 6.07) is 8.30. The SMILES string of the molecule is Cc1cccc(OCCC(=O)N2CCCC2CCCCl)c1. The van der Waals surface area contributed by atoms with Crippen LogP contribution in [-0.4, -0.2) is 35.9 Å². The van der Waals surface area contributed by atoms with Gasteiger partial charge in [-0.1, -0.05) is 12.1 Å². The highest BCUT2D eigenvalue weighted by Crippen LogP contribution is 2.22. The number of rotatable bonds is 7. The summed E-state index contributed by atoms with van der Waals surface area (Å²) in [6.07, 6.45) is 4.67. The number of alkyl halides is 1. The van der Waals surface area contributed by atoms with Gasteiger partial charge in [-0.2, -0.15) is 0 Å². The van der Waals surface area contributed by atoms with Crippen LogP contribution >= 0.6 is 11.6 Å². The van der Waals surface area contributed by atoms with Crippen LogP contribution in [0.25, 0.3) is 0 Å². The Labute approximate surface area is 132 Å². The van der Waals surface area contributed by atoms with Gasteiger partial charge < -0.3 is 9.64 Å². The van der Waals surface area contributed by atoms with E-state index in [0.29, 0.717) is 24.9 Å². The molecular weight excluding hydrogens is 286 g/mol. The van der Waals surface area contributed by atoms with Crippen molar-refractivity contribution in [2.45, 2.75) is 45.1 Å². The van der Waals surface area contributed by atoms with Gasteiger partial charge in [0.05, 0.1) is 13.0 Å². The van der Waals surface area contributed by atoms with Crippen LogP contribution in [0, 0.1) is 6.92 Å². The van der Waals surface area contributed by atoms with Crippen molar-refractivity contribution in [2.24, 2.45) is 0 Å². The van der Waals surface area contributed by atoms with Crippen LogP contribution in [0.5, 0.6) is 5.75 Å². The Balaban J connectivity index is 1.76. The van der Waals surface area contributed by atoms with E-state index in [9.17, 15) is 4.79 Å². The number of carbonyl (C=O) groups is 1. The van der Waals surface area contributed by atoms with Gasteiger partial charge in [-0.15, -0.1) is 11.6 Å². The van der Waals surface area contributed by atoms with E-state index >= 15 is 0 Å². The first-order chi connectivity index (χ1) is 10.2. The molecule has 116 valence electrons. The molecule has 1 saturated heterocycles. The number of carbonyl (C=O) groups excluding carboxylic acids is 1. The van der Waals surface area contributed by atoms with Gasteiger partial charge in [0.1, 0.15) is 5.75 Å². The molecule has 1 heterocycles. The van der Waals surface area contributed by atoms with Crippen LogP contribution in [0.2, 0.25) is 0 Å². The summed E-state index contributed by atoms with van der Waals surface area (Å²) in [7, 11) is 0. The zero-order chi connectivity index (χ0) is 15.1. The van der Waals surface area contributed by atoms with Crippen molar-refractivity contribution in [1.82, 2.24) is 4.90 Å². The summed E-state index contributed by atoms with van der Waals surface area (Å²) in [4.78, 5) is 14.3. The van der Waals surface area contributed by atoms with Crippen molar-refractivity contribution in [3.63, 3.8) is 0 Å². The molecule has 2 rings (SSSR count). The lowest BCUT2D eigenvalue weighted by molar-refractivity contribution is -0.132. The lowest BCUT2D eigenvalue weighted by Crippen LogP contribution is -2.36. The predicted octanol–water partition coefficient (Wildman–Crippen LogP) is 3.77. The second-order valence-electron chi connectivity index (χ2n) is 5.63. The summed E-state index contributed by atoms with van der Waals surface area (Å²) in [5.41, 5.74) is 1.17. The van der Waals surface area contributed by atoms with E-state index in [4.69, 9.17) is 16.3 Å². The fourth-order valence-electron chi connectivity index (χ4n) is 2.88. The van der Waals surface area contributed by atoms with Crippen LogP contribution in [0.4, 0.5) is 0 Å². The largest absolute Gasteiger partial charge is 0.493 e. The Hall–Kier alpha value is -1.22. The van der Waals surface area contributed by atoms with E-state index in [0.717, 1.165) is 38.0 Å². The van der Waals surface area contributed by atoms with Crippen molar-refractivity contribution < 1.29 is 9.53 Å². The van der Waals surface area contributed by atoms with E-state index in [1.165, 1.54) is 5.56 Å². The molecule has 1 fully saturated rings. The van der Waals surface area contributed by atoms with Gasteiger partial charge in [0.2, 0.25) is 5.91 Å². The average Bonchev–Trinajstić information content (AvgIpc) is 2.93. The molecule has 1 amide bonds. The minimum atomic E-state index is 0.208. The molecule has 0 radical (unpaired) electrons. The minimum absolute atomic E-state index is 0.208. The van der Waals surface area contributed by atoms with Crippen molar-refractivity contribution in [2.75, 3.05) is 19.0 Å². The Bertz CT molecular complexity index is 464. The van der Waals surface area contributed by atoms with Crippen LogP contribution < -0.4 is 4.74 Å². The minimum Gasteiger partial charge on any atom is -0.493 e. The van der Waals surface area contributed by atoms with Crippen molar-refractivity contribution in [3.8, 4) is 5.75 Å². The van der Waals surface area contributed by atoms with Gasteiger partial charge in [0.25, 0.3) is 0 Å². The third-order valence-electron chi connectivity index (χ3n) is 3.94. The molecule has 1 atom stereocenters. The zero-order valence-electron chi connectivity index (χ0n) is 12.7. The molecule has 0 bridgehead atoms. The van der Waals surface area contributed by atoms with Crippen molar-refractivity contribution in [1.29, 1.82) is 0 Å². The van der Waals surface area contributed by atoms with E-state index < -0.39 is 0 Å². The number of amides is 1. The molecule has 0 spiro atoms. The van der Waals surface area contributed by atoms with Gasteiger partial charge in [-0.25, -0.2) is 0 Å². The zero-order valence-corrected chi connectivity index (χ0v) is 13.4. The van der Waals surface area contributed by atoms with Crippen molar-refractivity contribution in [3.05, 3.63) is 29.8 Å².